The van der Waals surface area contributed by atoms with Crippen LogP contribution in [0.5, 0.6) is 0 Å². The molecule has 2 nitrogen and oxygen atoms in total. The van der Waals surface area contributed by atoms with Crippen molar-refractivity contribution in [3.8, 4) is 0 Å². The Balaban J connectivity index is 2.45. The summed E-state index contributed by atoms with van der Waals surface area (Å²) in [6.45, 7) is 7.52. The first kappa shape index (κ1) is 11.7. The highest BCUT2D eigenvalue weighted by Crippen LogP contribution is 2.10. The van der Waals surface area contributed by atoms with E-state index >= 15 is 0 Å². The molecule has 0 amide bonds. The molecular weight excluding hydrogens is 240 g/mol. The Morgan fingerprint density at radius 3 is 2.64 bits per heavy atom. The summed E-state index contributed by atoms with van der Waals surface area (Å²) in [4.78, 5) is 4.12. The lowest BCUT2D eigenvalue weighted by molar-refractivity contribution is 0.426. The van der Waals surface area contributed by atoms with Crippen molar-refractivity contribution < 1.29 is 0 Å². The number of rotatable bonds is 4. The zero-order chi connectivity index (χ0) is 10.6. The van der Waals surface area contributed by atoms with E-state index in [1.165, 1.54) is 5.56 Å². The molecule has 3 heteroatoms. The zero-order valence-corrected chi connectivity index (χ0v) is 10.5. The topological polar surface area (TPSA) is 24.9 Å². The molecule has 0 radical (unpaired) electrons. The van der Waals surface area contributed by atoms with E-state index in [4.69, 9.17) is 0 Å². The summed E-state index contributed by atoms with van der Waals surface area (Å²) in [5.41, 5.74) is 1.21. The molecule has 0 aliphatic heterocycles. The van der Waals surface area contributed by atoms with Crippen LogP contribution in [-0.2, 0) is 6.54 Å². The van der Waals surface area contributed by atoms with E-state index in [1.54, 1.807) is 6.20 Å². The summed E-state index contributed by atoms with van der Waals surface area (Å²) >= 11 is 3.41. The van der Waals surface area contributed by atoms with Gasteiger partial charge in [-0.15, -0.1) is 0 Å². The summed E-state index contributed by atoms with van der Waals surface area (Å²) in [7, 11) is 0. The minimum atomic E-state index is 0.536. The molecule has 0 saturated heterocycles. The van der Waals surface area contributed by atoms with Gasteiger partial charge >= 0.3 is 0 Å². The van der Waals surface area contributed by atoms with Crippen molar-refractivity contribution in [3.05, 3.63) is 28.5 Å². The highest BCUT2D eigenvalue weighted by Gasteiger charge is 2.05. The largest absolute Gasteiger partial charge is 0.310 e. The summed E-state index contributed by atoms with van der Waals surface area (Å²) in [5, 5.41) is 3.46. The molecule has 0 aromatic carbocycles. The average molecular weight is 257 g/mol. The van der Waals surface area contributed by atoms with Crippen LogP contribution in [0.4, 0.5) is 0 Å². The van der Waals surface area contributed by atoms with Crippen LogP contribution in [0.25, 0.3) is 0 Å². The second-order valence-corrected chi connectivity index (χ2v) is 4.84. The average Bonchev–Trinajstić information content (AvgIpc) is 2.14. The fourth-order valence-corrected chi connectivity index (χ4v) is 1.48. The van der Waals surface area contributed by atoms with Gasteiger partial charge in [0.1, 0.15) is 0 Å². The molecular formula is C11H17BrN2. The standard InChI is InChI=1S/C11H17BrN2/c1-8(2)9(3)14-6-10-4-11(12)7-13-5-10/h4-5,7-9,14H,6H2,1-3H3. The Morgan fingerprint density at radius 2 is 2.07 bits per heavy atom. The van der Waals surface area contributed by atoms with E-state index in [1.807, 2.05) is 6.20 Å². The molecule has 1 aromatic rings. The fourth-order valence-electron chi connectivity index (χ4n) is 1.07. The number of hydrogen-bond donors (Lipinski definition) is 1. The summed E-state index contributed by atoms with van der Waals surface area (Å²) in [6.07, 6.45) is 3.69. The van der Waals surface area contributed by atoms with Gasteiger partial charge in [-0.1, -0.05) is 13.8 Å². The van der Waals surface area contributed by atoms with Gasteiger partial charge < -0.3 is 5.32 Å². The first-order valence-corrected chi connectivity index (χ1v) is 5.71. The van der Waals surface area contributed by atoms with Crippen LogP contribution >= 0.6 is 15.9 Å². The van der Waals surface area contributed by atoms with Gasteiger partial charge in [0.25, 0.3) is 0 Å². The summed E-state index contributed by atoms with van der Waals surface area (Å²) in [6, 6.07) is 2.63. The van der Waals surface area contributed by atoms with E-state index < -0.39 is 0 Å². The first-order chi connectivity index (χ1) is 6.59. The molecule has 0 bridgehead atoms. The lowest BCUT2D eigenvalue weighted by atomic mass is 10.1. The van der Waals surface area contributed by atoms with Crippen LogP contribution in [-0.4, -0.2) is 11.0 Å². The molecule has 1 atom stereocenters. The minimum absolute atomic E-state index is 0.536. The Bertz CT molecular complexity index is 286. The minimum Gasteiger partial charge on any atom is -0.310 e. The van der Waals surface area contributed by atoms with E-state index in [0.717, 1.165) is 11.0 Å². The normalized spacial score (nSPS) is 13.2. The Morgan fingerprint density at radius 1 is 1.36 bits per heavy atom. The number of aromatic nitrogens is 1. The second kappa shape index (κ2) is 5.47. The van der Waals surface area contributed by atoms with E-state index in [0.29, 0.717) is 12.0 Å². The quantitative estimate of drug-likeness (QED) is 0.896. The van der Waals surface area contributed by atoms with Crippen molar-refractivity contribution >= 4 is 15.9 Å². The predicted molar refractivity (Wildman–Crippen MR) is 63.1 cm³/mol. The number of nitrogens with one attached hydrogen (secondary N) is 1. The molecule has 78 valence electrons. The highest BCUT2D eigenvalue weighted by molar-refractivity contribution is 9.10. The molecule has 0 fully saturated rings. The van der Waals surface area contributed by atoms with Gasteiger partial charge in [-0.2, -0.15) is 0 Å². The molecule has 1 heterocycles. The van der Waals surface area contributed by atoms with Crippen LogP contribution in [0, 0.1) is 5.92 Å². The Kier molecular flexibility index (Phi) is 4.55. The van der Waals surface area contributed by atoms with Crippen LogP contribution < -0.4 is 5.32 Å². The lowest BCUT2D eigenvalue weighted by Gasteiger charge is -2.17. The molecule has 1 aromatic heterocycles. The highest BCUT2D eigenvalue weighted by atomic mass is 79.9. The third kappa shape index (κ3) is 3.76. The molecule has 1 unspecified atom stereocenters. The van der Waals surface area contributed by atoms with Crippen LogP contribution in [0.15, 0.2) is 22.9 Å². The fraction of sp³-hybridized carbons (Fsp3) is 0.545. The predicted octanol–water partition coefficient (Wildman–Crippen LogP) is 2.98. The van der Waals surface area contributed by atoms with Gasteiger partial charge in [-0.3, -0.25) is 4.98 Å². The molecule has 1 rings (SSSR count). The van der Waals surface area contributed by atoms with Crippen molar-refractivity contribution in [1.29, 1.82) is 0 Å². The number of pyridine rings is 1. The SMILES string of the molecule is CC(C)C(C)NCc1cncc(Br)c1. The van der Waals surface area contributed by atoms with Gasteiger partial charge in [0.2, 0.25) is 0 Å². The molecule has 1 N–H and O–H groups in total. The van der Waals surface area contributed by atoms with Crippen LogP contribution in [0.2, 0.25) is 0 Å². The maximum atomic E-state index is 4.12. The van der Waals surface area contributed by atoms with Crippen molar-refractivity contribution in [3.63, 3.8) is 0 Å². The first-order valence-electron chi connectivity index (χ1n) is 4.92. The molecule has 0 aliphatic carbocycles. The molecule has 0 saturated carbocycles. The third-order valence-corrected chi connectivity index (χ3v) is 2.82. The Hall–Kier alpha value is -0.410. The zero-order valence-electron chi connectivity index (χ0n) is 8.92. The Labute approximate surface area is 94.3 Å². The molecule has 0 spiro atoms. The van der Waals surface area contributed by atoms with Crippen LogP contribution in [0.3, 0.4) is 0 Å². The number of hydrogen-bond acceptors (Lipinski definition) is 2. The number of nitrogens with zero attached hydrogens (tertiary/aromatic N) is 1. The van der Waals surface area contributed by atoms with E-state index in [2.05, 4.69) is 53.1 Å². The van der Waals surface area contributed by atoms with Gasteiger partial charge in [0.15, 0.2) is 0 Å². The summed E-state index contributed by atoms with van der Waals surface area (Å²) in [5.74, 6) is 0.662. The van der Waals surface area contributed by atoms with Gasteiger partial charge in [-0.05, 0) is 40.4 Å². The van der Waals surface area contributed by atoms with Gasteiger partial charge in [0, 0.05) is 29.5 Å². The van der Waals surface area contributed by atoms with Gasteiger partial charge in [-0.25, -0.2) is 0 Å². The lowest BCUT2D eigenvalue weighted by Crippen LogP contribution is -2.30. The van der Waals surface area contributed by atoms with E-state index in [-0.39, 0.29) is 0 Å². The third-order valence-electron chi connectivity index (χ3n) is 2.39. The van der Waals surface area contributed by atoms with E-state index in [9.17, 15) is 0 Å². The molecule has 0 aliphatic rings. The maximum Gasteiger partial charge on any atom is 0.0410 e. The van der Waals surface area contributed by atoms with Crippen molar-refractivity contribution in [1.82, 2.24) is 10.3 Å². The van der Waals surface area contributed by atoms with Crippen LogP contribution in [0.1, 0.15) is 26.3 Å². The maximum absolute atomic E-state index is 4.12. The summed E-state index contributed by atoms with van der Waals surface area (Å²) < 4.78 is 1.04. The molecule has 14 heavy (non-hydrogen) atoms. The van der Waals surface area contributed by atoms with Crippen molar-refractivity contribution in [2.24, 2.45) is 5.92 Å². The second-order valence-electron chi connectivity index (χ2n) is 3.93. The smallest absolute Gasteiger partial charge is 0.0410 e. The van der Waals surface area contributed by atoms with Crippen molar-refractivity contribution in [2.75, 3.05) is 0 Å². The van der Waals surface area contributed by atoms with Crippen molar-refractivity contribution in [2.45, 2.75) is 33.4 Å². The monoisotopic (exact) mass is 256 g/mol. The van der Waals surface area contributed by atoms with Gasteiger partial charge in [0.05, 0.1) is 0 Å². The number of halogens is 1.